The molecule has 1 rings (SSSR count). The number of amides is 1. The molecule has 0 saturated heterocycles. The average molecular weight is 345 g/mol. The van der Waals surface area contributed by atoms with Crippen LogP contribution < -0.4 is 5.32 Å². The highest BCUT2D eigenvalue weighted by Crippen LogP contribution is 2.18. The van der Waals surface area contributed by atoms with Gasteiger partial charge in [-0.05, 0) is 36.1 Å². The molecule has 20 heavy (non-hydrogen) atoms. The van der Waals surface area contributed by atoms with E-state index in [9.17, 15) is 9.18 Å². The standard InChI is InChI=1S/C15H22BrFN2O/c1-10(2)7-14(15(20)19(3)4)18-9-11-8-12(17)5-6-13(11)16/h5-6,8,10,14,18H,7,9H2,1-4H3. The highest BCUT2D eigenvalue weighted by Gasteiger charge is 2.21. The molecule has 0 aromatic heterocycles. The van der Waals surface area contributed by atoms with Gasteiger partial charge in [0.25, 0.3) is 0 Å². The maximum absolute atomic E-state index is 13.2. The Balaban J connectivity index is 2.75. The third kappa shape index (κ3) is 5.21. The minimum Gasteiger partial charge on any atom is -0.347 e. The molecule has 112 valence electrons. The van der Waals surface area contributed by atoms with E-state index in [0.29, 0.717) is 12.5 Å². The van der Waals surface area contributed by atoms with E-state index in [-0.39, 0.29) is 17.8 Å². The van der Waals surface area contributed by atoms with Crippen LogP contribution in [0.3, 0.4) is 0 Å². The molecular formula is C15H22BrFN2O. The zero-order valence-electron chi connectivity index (χ0n) is 12.4. The number of halogens is 2. The number of rotatable bonds is 6. The lowest BCUT2D eigenvalue weighted by atomic mass is 10.0. The highest BCUT2D eigenvalue weighted by molar-refractivity contribution is 9.10. The summed E-state index contributed by atoms with van der Waals surface area (Å²) >= 11 is 3.40. The van der Waals surface area contributed by atoms with Crippen molar-refractivity contribution in [3.63, 3.8) is 0 Å². The number of benzene rings is 1. The van der Waals surface area contributed by atoms with Crippen molar-refractivity contribution in [2.24, 2.45) is 5.92 Å². The number of nitrogens with one attached hydrogen (secondary N) is 1. The minimum absolute atomic E-state index is 0.0474. The Hall–Kier alpha value is -0.940. The number of likely N-dealkylation sites (N-methyl/N-ethyl adjacent to an activating group) is 1. The van der Waals surface area contributed by atoms with Gasteiger partial charge in [0, 0.05) is 25.1 Å². The van der Waals surface area contributed by atoms with Crippen molar-refractivity contribution in [2.75, 3.05) is 14.1 Å². The first-order valence-electron chi connectivity index (χ1n) is 6.69. The monoisotopic (exact) mass is 344 g/mol. The Bertz CT molecular complexity index is 463. The van der Waals surface area contributed by atoms with Crippen molar-refractivity contribution < 1.29 is 9.18 Å². The molecule has 0 bridgehead atoms. The van der Waals surface area contributed by atoms with Gasteiger partial charge < -0.3 is 10.2 Å². The molecule has 0 heterocycles. The number of carbonyl (C=O) groups is 1. The summed E-state index contributed by atoms with van der Waals surface area (Å²) in [5.74, 6) is 0.183. The normalized spacial score (nSPS) is 12.6. The second-order valence-corrected chi connectivity index (χ2v) is 6.39. The molecule has 1 aromatic carbocycles. The summed E-state index contributed by atoms with van der Waals surface area (Å²) in [7, 11) is 3.49. The third-order valence-electron chi connectivity index (χ3n) is 2.99. The van der Waals surface area contributed by atoms with Crippen molar-refractivity contribution in [1.29, 1.82) is 0 Å². The Morgan fingerprint density at radius 2 is 2.05 bits per heavy atom. The quantitative estimate of drug-likeness (QED) is 0.859. The maximum atomic E-state index is 13.2. The summed E-state index contributed by atoms with van der Waals surface area (Å²) in [6, 6.07) is 4.31. The molecule has 0 aliphatic heterocycles. The van der Waals surface area contributed by atoms with Gasteiger partial charge in [0.1, 0.15) is 5.82 Å². The van der Waals surface area contributed by atoms with Gasteiger partial charge in [-0.15, -0.1) is 0 Å². The van der Waals surface area contributed by atoms with Gasteiger partial charge >= 0.3 is 0 Å². The average Bonchev–Trinajstić information content (AvgIpc) is 2.36. The fourth-order valence-corrected chi connectivity index (χ4v) is 2.35. The summed E-state index contributed by atoms with van der Waals surface area (Å²) < 4.78 is 14.1. The van der Waals surface area contributed by atoms with Crippen LogP contribution in [0.4, 0.5) is 4.39 Å². The molecule has 0 saturated carbocycles. The van der Waals surface area contributed by atoms with Gasteiger partial charge in [-0.3, -0.25) is 4.79 Å². The second kappa shape index (κ2) is 7.74. The lowest BCUT2D eigenvalue weighted by Crippen LogP contribution is -2.44. The molecule has 1 unspecified atom stereocenters. The topological polar surface area (TPSA) is 32.3 Å². The van der Waals surface area contributed by atoms with Crippen molar-refractivity contribution >= 4 is 21.8 Å². The first kappa shape index (κ1) is 17.1. The molecule has 0 aliphatic carbocycles. The fourth-order valence-electron chi connectivity index (χ4n) is 1.97. The van der Waals surface area contributed by atoms with Crippen LogP contribution >= 0.6 is 15.9 Å². The van der Waals surface area contributed by atoms with Gasteiger partial charge in [-0.25, -0.2) is 4.39 Å². The fraction of sp³-hybridized carbons (Fsp3) is 0.533. The van der Waals surface area contributed by atoms with Crippen molar-refractivity contribution in [3.8, 4) is 0 Å². The number of hydrogen-bond donors (Lipinski definition) is 1. The van der Waals surface area contributed by atoms with Crippen LogP contribution in [0.2, 0.25) is 0 Å². The molecule has 3 nitrogen and oxygen atoms in total. The molecule has 0 fully saturated rings. The van der Waals surface area contributed by atoms with Gasteiger partial charge in [-0.2, -0.15) is 0 Å². The van der Waals surface area contributed by atoms with E-state index in [2.05, 4.69) is 35.1 Å². The van der Waals surface area contributed by atoms with Crippen molar-refractivity contribution in [1.82, 2.24) is 10.2 Å². The molecule has 0 aliphatic rings. The third-order valence-corrected chi connectivity index (χ3v) is 3.77. The lowest BCUT2D eigenvalue weighted by molar-refractivity contribution is -0.131. The number of carbonyl (C=O) groups excluding carboxylic acids is 1. The van der Waals surface area contributed by atoms with E-state index >= 15 is 0 Å². The second-order valence-electron chi connectivity index (χ2n) is 5.53. The van der Waals surface area contributed by atoms with Crippen molar-refractivity contribution in [3.05, 3.63) is 34.1 Å². The van der Waals surface area contributed by atoms with E-state index in [0.717, 1.165) is 16.5 Å². The molecule has 0 radical (unpaired) electrons. The molecule has 1 N–H and O–H groups in total. The van der Waals surface area contributed by atoms with Gasteiger partial charge in [0.15, 0.2) is 0 Å². The predicted molar refractivity (Wildman–Crippen MR) is 82.9 cm³/mol. The molecule has 1 atom stereocenters. The van der Waals surface area contributed by atoms with E-state index < -0.39 is 0 Å². The van der Waals surface area contributed by atoms with Crippen LogP contribution in [0, 0.1) is 11.7 Å². The number of hydrogen-bond acceptors (Lipinski definition) is 2. The first-order chi connectivity index (χ1) is 9.31. The minimum atomic E-state index is -0.274. The van der Waals surface area contributed by atoms with Crippen LogP contribution in [0.15, 0.2) is 22.7 Å². The zero-order chi connectivity index (χ0) is 15.3. The SMILES string of the molecule is CC(C)CC(NCc1cc(F)ccc1Br)C(=O)N(C)C. The molecule has 0 spiro atoms. The predicted octanol–water partition coefficient (Wildman–Crippen LogP) is 3.18. The Kier molecular flexibility index (Phi) is 6.62. The summed E-state index contributed by atoms with van der Waals surface area (Å²) in [4.78, 5) is 13.7. The Morgan fingerprint density at radius 3 is 2.60 bits per heavy atom. The first-order valence-corrected chi connectivity index (χ1v) is 7.49. The molecule has 1 aromatic rings. The summed E-state index contributed by atoms with van der Waals surface area (Å²) in [5, 5.41) is 3.23. The van der Waals surface area contributed by atoms with Gasteiger partial charge in [0.2, 0.25) is 5.91 Å². The van der Waals surface area contributed by atoms with Crippen LogP contribution in [0.5, 0.6) is 0 Å². The van der Waals surface area contributed by atoms with E-state index in [1.54, 1.807) is 25.1 Å². The van der Waals surface area contributed by atoms with Gasteiger partial charge in [0.05, 0.1) is 6.04 Å². The highest BCUT2D eigenvalue weighted by atomic mass is 79.9. The summed E-state index contributed by atoms with van der Waals surface area (Å²) in [6.07, 6.45) is 0.754. The largest absolute Gasteiger partial charge is 0.347 e. The molecule has 5 heteroatoms. The smallest absolute Gasteiger partial charge is 0.239 e. The van der Waals surface area contributed by atoms with Crippen LogP contribution in [0.1, 0.15) is 25.8 Å². The zero-order valence-corrected chi connectivity index (χ0v) is 14.0. The summed E-state index contributed by atoms with van der Waals surface area (Å²) in [6.45, 7) is 4.61. The van der Waals surface area contributed by atoms with Crippen LogP contribution in [0.25, 0.3) is 0 Å². The molecular weight excluding hydrogens is 323 g/mol. The van der Waals surface area contributed by atoms with Gasteiger partial charge in [-0.1, -0.05) is 29.8 Å². The summed E-state index contributed by atoms with van der Waals surface area (Å²) in [5.41, 5.74) is 0.810. The number of nitrogens with zero attached hydrogens (tertiary/aromatic N) is 1. The lowest BCUT2D eigenvalue weighted by Gasteiger charge is -2.23. The van der Waals surface area contributed by atoms with E-state index in [1.807, 2.05) is 0 Å². The van der Waals surface area contributed by atoms with E-state index in [4.69, 9.17) is 0 Å². The van der Waals surface area contributed by atoms with Crippen LogP contribution in [-0.2, 0) is 11.3 Å². The molecule has 1 amide bonds. The maximum Gasteiger partial charge on any atom is 0.239 e. The Labute approximate surface area is 128 Å². The van der Waals surface area contributed by atoms with E-state index in [1.165, 1.54) is 12.1 Å². The Morgan fingerprint density at radius 1 is 1.40 bits per heavy atom. The van der Waals surface area contributed by atoms with Crippen LogP contribution in [-0.4, -0.2) is 30.9 Å². The van der Waals surface area contributed by atoms with Crippen molar-refractivity contribution in [2.45, 2.75) is 32.9 Å².